The first-order valence-electron chi connectivity index (χ1n) is 10.1. The molecule has 0 radical (unpaired) electrons. The van der Waals surface area contributed by atoms with Crippen LogP contribution in [0.3, 0.4) is 0 Å². The molecule has 7 nitrogen and oxygen atoms in total. The van der Waals surface area contributed by atoms with Crippen molar-refractivity contribution >= 4 is 28.8 Å². The molecule has 1 aliphatic heterocycles. The third-order valence-corrected chi connectivity index (χ3v) is 4.85. The van der Waals surface area contributed by atoms with Gasteiger partial charge in [-0.15, -0.1) is 5.10 Å². The molecule has 0 bridgehead atoms. The molecule has 0 aliphatic carbocycles. The second-order valence-corrected chi connectivity index (χ2v) is 6.94. The third kappa shape index (κ3) is 4.93. The number of para-hydroxylation sites is 2. The van der Waals surface area contributed by atoms with Crippen molar-refractivity contribution in [1.29, 1.82) is 0 Å². The van der Waals surface area contributed by atoms with E-state index in [2.05, 4.69) is 55.0 Å². The highest BCUT2D eigenvalue weighted by atomic mass is 16.5. The van der Waals surface area contributed by atoms with E-state index in [0.717, 1.165) is 30.2 Å². The van der Waals surface area contributed by atoms with Crippen LogP contribution >= 0.6 is 0 Å². The Bertz CT molecular complexity index is 925. The lowest BCUT2D eigenvalue weighted by Crippen LogP contribution is -2.29. The monoisotopic (exact) mass is 390 g/mol. The third-order valence-electron chi connectivity index (χ3n) is 4.85. The topological polar surface area (TPSA) is 75.2 Å². The maximum atomic E-state index is 5.65. The van der Waals surface area contributed by atoms with Crippen LogP contribution in [0.1, 0.15) is 26.2 Å². The van der Waals surface area contributed by atoms with Gasteiger partial charge < -0.3 is 20.3 Å². The first-order chi connectivity index (χ1) is 14.3. The Labute approximate surface area is 171 Å². The fraction of sp³-hybridized carbons (Fsp3) is 0.318. The summed E-state index contributed by atoms with van der Waals surface area (Å²) in [6, 6.07) is 16.1. The SMILES string of the molecule is CCOc1ccccc1Nc1cnnc(Nc2ccc(N3CCCCC3)cc2)n1. The Kier molecular flexibility index (Phi) is 6.04. The van der Waals surface area contributed by atoms with E-state index in [1.807, 2.05) is 31.2 Å². The van der Waals surface area contributed by atoms with E-state index in [4.69, 9.17) is 4.74 Å². The number of ether oxygens (including phenoxy) is 1. The summed E-state index contributed by atoms with van der Waals surface area (Å²) in [5.41, 5.74) is 3.03. The van der Waals surface area contributed by atoms with Crippen molar-refractivity contribution < 1.29 is 4.74 Å². The van der Waals surface area contributed by atoms with Gasteiger partial charge in [0, 0.05) is 24.5 Å². The summed E-state index contributed by atoms with van der Waals surface area (Å²) in [6.07, 6.45) is 5.46. The summed E-state index contributed by atoms with van der Waals surface area (Å²) in [7, 11) is 0. The molecule has 4 rings (SSSR count). The number of piperidine rings is 1. The zero-order valence-electron chi connectivity index (χ0n) is 16.6. The molecule has 0 spiro atoms. The number of hydrogen-bond acceptors (Lipinski definition) is 7. The number of nitrogens with one attached hydrogen (secondary N) is 2. The number of nitrogens with zero attached hydrogens (tertiary/aromatic N) is 4. The van der Waals surface area contributed by atoms with Gasteiger partial charge in [0.15, 0.2) is 5.82 Å². The van der Waals surface area contributed by atoms with Crippen LogP contribution < -0.4 is 20.3 Å². The Hall–Kier alpha value is -3.35. The summed E-state index contributed by atoms with van der Waals surface area (Å²) in [5, 5.41) is 14.6. The zero-order chi connectivity index (χ0) is 19.9. The van der Waals surface area contributed by atoms with Gasteiger partial charge in [-0.3, -0.25) is 0 Å². The van der Waals surface area contributed by atoms with E-state index in [0.29, 0.717) is 18.4 Å². The van der Waals surface area contributed by atoms with Gasteiger partial charge in [0.1, 0.15) is 5.75 Å². The van der Waals surface area contributed by atoms with Crippen LogP contribution in [-0.2, 0) is 0 Å². The van der Waals surface area contributed by atoms with Crippen LogP contribution in [0.15, 0.2) is 54.7 Å². The molecule has 150 valence electrons. The van der Waals surface area contributed by atoms with Crippen LogP contribution in [0.25, 0.3) is 0 Å². The predicted molar refractivity (Wildman–Crippen MR) is 117 cm³/mol. The average Bonchev–Trinajstić information content (AvgIpc) is 2.77. The van der Waals surface area contributed by atoms with E-state index in [-0.39, 0.29) is 0 Å². The number of anilines is 5. The molecule has 1 aromatic heterocycles. The number of benzene rings is 2. The van der Waals surface area contributed by atoms with Gasteiger partial charge in [0.25, 0.3) is 0 Å². The molecule has 2 aromatic carbocycles. The molecule has 0 unspecified atom stereocenters. The Morgan fingerprint density at radius 3 is 2.55 bits per heavy atom. The summed E-state index contributed by atoms with van der Waals surface area (Å²) in [5.74, 6) is 1.81. The van der Waals surface area contributed by atoms with Crippen molar-refractivity contribution in [2.24, 2.45) is 0 Å². The summed E-state index contributed by atoms with van der Waals surface area (Å²) >= 11 is 0. The van der Waals surface area contributed by atoms with Gasteiger partial charge >= 0.3 is 0 Å². The minimum atomic E-state index is 0.439. The van der Waals surface area contributed by atoms with Crippen molar-refractivity contribution in [3.8, 4) is 5.75 Å². The average molecular weight is 390 g/mol. The predicted octanol–water partition coefficient (Wildman–Crippen LogP) is 4.75. The zero-order valence-corrected chi connectivity index (χ0v) is 16.6. The molecule has 3 aromatic rings. The second kappa shape index (κ2) is 9.23. The van der Waals surface area contributed by atoms with Gasteiger partial charge in [-0.05, 0) is 62.6 Å². The molecule has 0 saturated carbocycles. The molecular formula is C22H26N6O. The maximum absolute atomic E-state index is 5.65. The quantitative estimate of drug-likeness (QED) is 0.603. The molecule has 2 N–H and O–H groups in total. The van der Waals surface area contributed by atoms with Gasteiger partial charge in [0.05, 0.1) is 18.5 Å². The van der Waals surface area contributed by atoms with Gasteiger partial charge in [-0.1, -0.05) is 12.1 Å². The minimum Gasteiger partial charge on any atom is -0.492 e. The Morgan fingerprint density at radius 2 is 1.76 bits per heavy atom. The molecule has 7 heteroatoms. The van der Waals surface area contributed by atoms with E-state index < -0.39 is 0 Å². The number of aromatic nitrogens is 3. The standard InChI is InChI=1S/C22H26N6O/c1-2-29-20-9-5-4-8-19(20)25-21-16-23-27-22(26-21)24-17-10-12-18(13-11-17)28-14-6-3-7-15-28/h4-5,8-13,16H,2-3,6-7,14-15H2,1H3,(H2,24,25,26,27). The molecule has 0 atom stereocenters. The Morgan fingerprint density at radius 1 is 0.966 bits per heavy atom. The second-order valence-electron chi connectivity index (χ2n) is 6.94. The summed E-state index contributed by atoms with van der Waals surface area (Å²) in [6.45, 7) is 4.83. The molecule has 1 aliphatic rings. The lowest BCUT2D eigenvalue weighted by atomic mass is 10.1. The van der Waals surface area contributed by atoms with Crippen LogP contribution in [0, 0.1) is 0 Å². The van der Waals surface area contributed by atoms with Crippen molar-refractivity contribution in [1.82, 2.24) is 15.2 Å². The lowest BCUT2D eigenvalue weighted by Gasteiger charge is -2.28. The van der Waals surface area contributed by atoms with Crippen LogP contribution in [0.5, 0.6) is 5.75 Å². The molecule has 2 heterocycles. The van der Waals surface area contributed by atoms with Crippen LogP contribution in [0.2, 0.25) is 0 Å². The highest BCUT2D eigenvalue weighted by molar-refractivity contribution is 5.65. The molecule has 1 saturated heterocycles. The highest BCUT2D eigenvalue weighted by Gasteiger charge is 2.11. The van der Waals surface area contributed by atoms with Crippen LogP contribution in [0.4, 0.5) is 28.8 Å². The van der Waals surface area contributed by atoms with Crippen molar-refractivity contribution in [3.05, 3.63) is 54.7 Å². The van der Waals surface area contributed by atoms with Crippen LogP contribution in [-0.4, -0.2) is 34.9 Å². The van der Waals surface area contributed by atoms with E-state index >= 15 is 0 Å². The lowest BCUT2D eigenvalue weighted by molar-refractivity contribution is 0.342. The number of rotatable bonds is 7. The first kappa shape index (κ1) is 19.0. The van der Waals surface area contributed by atoms with Crippen molar-refractivity contribution in [2.75, 3.05) is 35.2 Å². The highest BCUT2D eigenvalue weighted by Crippen LogP contribution is 2.27. The summed E-state index contributed by atoms with van der Waals surface area (Å²) < 4.78 is 5.65. The van der Waals surface area contributed by atoms with E-state index in [9.17, 15) is 0 Å². The molecule has 0 amide bonds. The van der Waals surface area contributed by atoms with Gasteiger partial charge in [-0.25, -0.2) is 0 Å². The normalized spacial score (nSPS) is 13.8. The van der Waals surface area contributed by atoms with Gasteiger partial charge in [-0.2, -0.15) is 10.1 Å². The number of hydrogen-bond donors (Lipinski definition) is 2. The molecule has 29 heavy (non-hydrogen) atoms. The maximum Gasteiger partial charge on any atom is 0.249 e. The summed E-state index contributed by atoms with van der Waals surface area (Å²) in [4.78, 5) is 6.95. The smallest absolute Gasteiger partial charge is 0.249 e. The molecule has 1 fully saturated rings. The molecular weight excluding hydrogens is 364 g/mol. The fourth-order valence-corrected chi connectivity index (χ4v) is 3.44. The fourth-order valence-electron chi connectivity index (χ4n) is 3.44. The van der Waals surface area contributed by atoms with E-state index in [1.165, 1.54) is 24.9 Å². The Balaban J connectivity index is 1.44. The first-order valence-corrected chi connectivity index (χ1v) is 10.1. The van der Waals surface area contributed by atoms with Crippen molar-refractivity contribution in [3.63, 3.8) is 0 Å². The largest absolute Gasteiger partial charge is 0.492 e. The van der Waals surface area contributed by atoms with Gasteiger partial charge in [0.2, 0.25) is 5.95 Å². The van der Waals surface area contributed by atoms with E-state index in [1.54, 1.807) is 6.20 Å². The van der Waals surface area contributed by atoms with Crippen molar-refractivity contribution in [2.45, 2.75) is 26.2 Å². The minimum absolute atomic E-state index is 0.439.